The second-order valence-corrected chi connectivity index (χ2v) is 4.70. The highest BCUT2D eigenvalue weighted by atomic mass is 15.3. The maximum Gasteiger partial charge on any atom is 0.119 e. The quantitative estimate of drug-likeness (QED) is 0.325. The van der Waals surface area contributed by atoms with Gasteiger partial charge in [0, 0.05) is 12.1 Å². The summed E-state index contributed by atoms with van der Waals surface area (Å²) in [5.74, 6) is 8.53. The largest absolute Gasteiger partial charge is 0.312 e. The summed E-state index contributed by atoms with van der Waals surface area (Å²) in [5.41, 5.74) is 2.70. The van der Waals surface area contributed by atoms with Crippen LogP contribution < -0.4 is 11.3 Å². The average molecular weight is 209 g/mol. The average Bonchev–Trinajstić information content (AvgIpc) is 2.26. The van der Waals surface area contributed by atoms with Crippen molar-refractivity contribution < 1.29 is 0 Å². The molecule has 0 aromatic heterocycles. The third-order valence-electron chi connectivity index (χ3n) is 3.48. The van der Waals surface area contributed by atoms with Crippen LogP contribution in [0, 0.1) is 17.8 Å². The fourth-order valence-corrected chi connectivity index (χ4v) is 2.42. The molecule has 0 aromatic rings. The Kier molecular flexibility index (Phi) is 4.82. The van der Waals surface area contributed by atoms with Crippen LogP contribution in [-0.2, 0) is 0 Å². The molecule has 0 spiro atoms. The summed E-state index contributed by atoms with van der Waals surface area (Å²) in [6.45, 7) is 8.22. The summed E-state index contributed by atoms with van der Waals surface area (Å²) in [4.78, 5) is 4.18. The molecule has 3 N–H and O–H groups in total. The van der Waals surface area contributed by atoms with Crippen molar-refractivity contribution in [2.24, 2.45) is 28.6 Å². The Labute approximate surface area is 92.8 Å². The van der Waals surface area contributed by atoms with Crippen LogP contribution in [0.25, 0.3) is 0 Å². The maximum absolute atomic E-state index is 5.46. The van der Waals surface area contributed by atoms with Crippen LogP contribution in [0.15, 0.2) is 17.8 Å². The molecule has 3 heteroatoms. The van der Waals surface area contributed by atoms with E-state index < -0.39 is 0 Å². The molecule has 0 saturated heterocycles. The standard InChI is InChI=1S/C12H23N3/c1-4-14-12(15-13)11-7-5-10(6-8-11)9(2)3/h4,9-11H,1,5-8,13H2,2-3H3,(H,14,15). The summed E-state index contributed by atoms with van der Waals surface area (Å²) in [7, 11) is 0. The molecule has 0 bridgehead atoms. The Hall–Kier alpha value is -0.830. The summed E-state index contributed by atoms with van der Waals surface area (Å²) in [6, 6.07) is 0. The molecule has 1 aliphatic carbocycles. The molecule has 1 rings (SSSR count). The monoisotopic (exact) mass is 209 g/mol. The van der Waals surface area contributed by atoms with Crippen molar-refractivity contribution in [2.75, 3.05) is 0 Å². The third kappa shape index (κ3) is 3.34. The predicted molar refractivity (Wildman–Crippen MR) is 65.2 cm³/mol. The zero-order valence-corrected chi connectivity index (χ0v) is 9.87. The molecule has 0 radical (unpaired) electrons. The topological polar surface area (TPSA) is 50.4 Å². The van der Waals surface area contributed by atoms with E-state index in [1.807, 2.05) is 0 Å². The van der Waals surface area contributed by atoms with Crippen molar-refractivity contribution in [3.05, 3.63) is 12.8 Å². The minimum atomic E-state index is 0.503. The van der Waals surface area contributed by atoms with Gasteiger partial charge in [-0.25, -0.2) is 10.8 Å². The van der Waals surface area contributed by atoms with E-state index in [9.17, 15) is 0 Å². The van der Waals surface area contributed by atoms with Gasteiger partial charge in [-0.05, 0) is 37.5 Å². The zero-order valence-electron chi connectivity index (χ0n) is 9.87. The first kappa shape index (κ1) is 12.2. The van der Waals surface area contributed by atoms with Gasteiger partial charge in [0.1, 0.15) is 5.84 Å². The first-order valence-electron chi connectivity index (χ1n) is 5.84. The molecule has 0 heterocycles. The predicted octanol–water partition coefficient (Wildman–Crippen LogP) is 2.45. The van der Waals surface area contributed by atoms with Gasteiger partial charge in [0.25, 0.3) is 0 Å². The van der Waals surface area contributed by atoms with Crippen molar-refractivity contribution in [3.8, 4) is 0 Å². The minimum Gasteiger partial charge on any atom is -0.312 e. The van der Waals surface area contributed by atoms with E-state index in [0.717, 1.165) is 17.7 Å². The minimum absolute atomic E-state index is 0.503. The van der Waals surface area contributed by atoms with Crippen LogP contribution in [0.1, 0.15) is 39.5 Å². The molecule has 0 aromatic carbocycles. The number of aliphatic imine (C=N–C) groups is 1. The highest BCUT2D eigenvalue weighted by Gasteiger charge is 2.25. The lowest BCUT2D eigenvalue weighted by Gasteiger charge is -2.31. The zero-order chi connectivity index (χ0) is 11.3. The number of amidine groups is 1. The van der Waals surface area contributed by atoms with E-state index in [0.29, 0.717) is 5.92 Å². The van der Waals surface area contributed by atoms with Crippen molar-refractivity contribution in [1.82, 2.24) is 5.43 Å². The Morgan fingerprint density at radius 2 is 2.00 bits per heavy atom. The van der Waals surface area contributed by atoms with Gasteiger partial charge in [-0.1, -0.05) is 20.4 Å². The lowest BCUT2D eigenvalue weighted by Crippen LogP contribution is -2.38. The van der Waals surface area contributed by atoms with Gasteiger partial charge < -0.3 is 5.43 Å². The molecule has 86 valence electrons. The van der Waals surface area contributed by atoms with Crippen molar-refractivity contribution in [1.29, 1.82) is 0 Å². The van der Waals surface area contributed by atoms with Crippen LogP contribution in [0.5, 0.6) is 0 Å². The molecular formula is C12H23N3. The molecule has 0 atom stereocenters. The van der Waals surface area contributed by atoms with E-state index >= 15 is 0 Å². The molecule has 0 amide bonds. The van der Waals surface area contributed by atoms with Crippen molar-refractivity contribution in [2.45, 2.75) is 39.5 Å². The lowest BCUT2D eigenvalue weighted by molar-refractivity contribution is 0.254. The first-order chi connectivity index (χ1) is 7.19. The lowest BCUT2D eigenvalue weighted by atomic mass is 9.76. The Balaban J connectivity index is 2.49. The first-order valence-corrected chi connectivity index (χ1v) is 5.84. The highest BCUT2D eigenvalue weighted by molar-refractivity contribution is 5.84. The SMILES string of the molecule is C=CN=C(NN)C1CCC(C(C)C)CC1. The van der Waals surface area contributed by atoms with Gasteiger partial charge >= 0.3 is 0 Å². The van der Waals surface area contributed by atoms with Crippen molar-refractivity contribution in [3.63, 3.8) is 0 Å². The van der Waals surface area contributed by atoms with E-state index in [4.69, 9.17) is 5.84 Å². The van der Waals surface area contributed by atoms with E-state index in [-0.39, 0.29) is 0 Å². The summed E-state index contributed by atoms with van der Waals surface area (Å²) in [5, 5.41) is 0. The van der Waals surface area contributed by atoms with Crippen LogP contribution in [-0.4, -0.2) is 5.84 Å². The number of hydrogen-bond donors (Lipinski definition) is 2. The summed E-state index contributed by atoms with van der Waals surface area (Å²) < 4.78 is 0. The molecule has 3 nitrogen and oxygen atoms in total. The number of nitrogens with zero attached hydrogens (tertiary/aromatic N) is 1. The van der Waals surface area contributed by atoms with Crippen LogP contribution >= 0.6 is 0 Å². The number of hydrogen-bond acceptors (Lipinski definition) is 2. The second kappa shape index (κ2) is 5.91. The normalized spacial score (nSPS) is 27.9. The fraction of sp³-hybridized carbons (Fsp3) is 0.750. The molecule has 1 saturated carbocycles. The van der Waals surface area contributed by atoms with E-state index in [1.165, 1.54) is 25.7 Å². The Morgan fingerprint density at radius 3 is 2.40 bits per heavy atom. The van der Waals surface area contributed by atoms with Crippen LogP contribution in [0.2, 0.25) is 0 Å². The summed E-state index contributed by atoms with van der Waals surface area (Å²) >= 11 is 0. The third-order valence-corrected chi connectivity index (χ3v) is 3.48. The van der Waals surface area contributed by atoms with Gasteiger partial charge in [0.05, 0.1) is 0 Å². The maximum atomic E-state index is 5.46. The van der Waals surface area contributed by atoms with Crippen molar-refractivity contribution >= 4 is 5.84 Å². The molecule has 1 fully saturated rings. The summed E-state index contributed by atoms with van der Waals surface area (Å²) in [6.07, 6.45) is 6.53. The van der Waals surface area contributed by atoms with Gasteiger partial charge in [-0.2, -0.15) is 0 Å². The molecule has 1 aliphatic rings. The number of nitrogens with two attached hydrogens (primary N) is 1. The van der Waals surface area contributed by atoms with Gasteiger partial charge in [-0.3, -0.25) is 0 Å². The van der Waals surface area contributed by atoms with E-state index in [2.05, 4.69) is 30.8 Å². The molecule has 0 aliphatic heterocycles. The molecular weight excluding hydrogens is 186 g/mol. The molecule has 0 unspecified atom stereocenters. The Morgan fingerprint density at radius 1 is 1.40 bits per heavy atom. The smallest absolute Gasteiger partial charge is 0.119 e. The highest BCUT2D eigenvalue weighted by Crippen LogP contribution is 2.33. The van der Waals surface area contributed by atoms with E-state index in [1.54, 1.807) is 6.20 Å². The second-order valence-electron chi connectivity index (χ2n) is 4.70. The number of nitrogens with one attached hydrogen (secondary N) is 1. The van der Waals surface area contributed by atoms with Crippen LogP contribution in [0.3, 0.4) is 0 Å². The van der Waals surface area contributed by atoms with Gasteiger partial charge in [0.15, 0.2) is 0 Å². The Bertz CT molecular complexity index is 225. The van der Waals surface area contributed by atoms with Crippen LogP contribution in [0.4, 0.5) is 0 Å². The van der Waals surface area contributed by atoms with Gasteiger partial charge in [-0.15, -0.1) is 0 Å². The fourth-order valence-electron chi connectivity index (χ4n) is 2.42. The number of rotatable bonds is 3. The number of hydrazine groups is 1. The van der Waals surface area contributed by atoms with Gasteiger partial charge in [0.2, 0.25) is 0 Å². The molecule has 15 heavy (non-hydrogen) atoms.